The van der Waals surface area contributed by atoms with Crippen LogP contribution >= 0.6 is 15.9 Å². The van der Waals surface area contributed by atoms with Crippen molar-refractivity contribution in [2.45, 2.75) is 32.3 Å². The Morgan fingerprint density at radius 2 is 2.10 bits per heavy atom. The van der Waals surface area contributed by atoms with E-state index in [0.717, 1.165) is 42.5 Å². The highest BCUT2D eigenvalue weighted by atomic mass is 79.9. The van der Waals surface area contributed by atoms with E-state index >= 15 is 0 Å². The Morgan fingerprint density at radius 1 is 1.29 bits per heavy atom. The lowest BCUT2D eigenvalue weighted by Gasteiger charge is -2.30. The van der Waals surface area contributed by atoms with E-state index in [2.05, 4.69) is 43.5 Å². The van der Waals surface area contributed by atoms with Crippen LogP contribution in [0.15, 0.2) is 47.2 Å². The molecule has 1 aliphatic rings. The van der Waals surface area contributed by atoms with Crippen LogP contribution in [0.3, 0.4) is 0 Å². The van der Waals surface area contributed by atoms with Crippen LogP contribution in [0.25, 0.3) is 10.9 Å². The quantitative estimate of drug-likeness (QED) is 0.350. The molecule has 4 rings (SSSR count). The van der Waals surface area contributed by atoms with Crippen LogP contribution in [0.1, 0.15) is 26.2 Å². The molecule has 1 aliphatic heterocycles. The molecule has 1 unspecified atom stereocenters. The lowest BCUT2D eigenvalue weighted by atomic mass is 9.90. The predicted octanol–water partition coefficient (Wildman–Crippen LogP) is 5.20. The van der Waals surface area contributed by atoms with Crippen molar-refractivity contribution < 1.29 is 9.66 Å². The van der Waals surface area contributed by atoms with Gasteiger partial charge in [0.1, 0.15) is 18.2 Å². The fourth-order valence-corrected chi connectivity index (χ4v) is 4.40. The van der Waals surface area contributed by atoms with Crippen molar-refractivity contribution in [3.63, 3.8) is 0 Å². The van der Waals surface area contributed by atoms with E-state index in [9.17, 15) is 10.1 Å². The first kappa shape index (κ1) is 21.5. The fourth-order valence-electron chi connectivity index (χ4n) is 4.00. The minimum Gasteiger partial charge on any atom is -0.483 e. The average Bonchev–Trinajstić information content (AvgIpc) is 2.77. The molecule has 0 bridgehead atoms. The van der Waals surface area contributed by atoms with Gasteiger partial charge in [0.15, 0.2) is 5.75 Å². The first-order valence-corrected chi connectivity index (χ1v) is 11.2. The molecule has 1 atom stereocenters. The monoisotopic (exact) mass is 485 g/mol. The minimum absolute atomic E-state index is 0.0700. The Kier molecular flexibility index (Phi) is 6.62. The van der Waals surface area contributed by atoms with Gasteiger partial charge in [-0.1, -0.05) is 28.9 Å². The number of piperidine rings is 1. The zero-order chi connectivity index (χ0) is 21.8. The molecular weight excluding hydrogens is 462 g/mol. The van der Waals surface area contributed by atoms with Crippen molar-refractivity contribution >= 4 is 44.0 Å². The Labute approximate surface area is 188 Å². The molecule has 1 saturated heterocycles. The van der Waals surface area contributed by atoms with E-state index < -0.39 is 4.92 Å². The van der Waals surface area contributed by atoms with Gasteiger partial charge in [0, 0.05) is 22.3 Å². The van der Waals surface area contributed by atoms with Crippen LogP contribution in [0, 0.1) is 16.0 Å². The predicted molar refractivity (Wildman–Crippen MR) is 124 cm³/mol. The molecule has 1 fully saturated rings. The largest absolute Gasteiger partial charge is 0.483 e. The lowest BCUT2D eigenvalue weighted by molar-refractivity contribution is -0.386. The van der Waals surface area contributed by atoms with Gasteiger partial charge in [0.25, 0.3) is 0 Å². The molecule has 31 heavy (non-hydrogen) atoms. The van der Waals surface area contributed by atoms with E-state index in [1.54, 1.807) is 6.07 Å². The number of fused-ring (bicyclic) bond motifs is 1. The highest BCUT2D eigenvalue weighted by Gasteiger charge is 2.27. The molecule has 1 aromatic heterocycles. The van der Waals surface area contributed by atoms with Crippen molar-refractivity contribution in [1.29, 1.82) is 0 Å². The van der Waals surface area contributed by atoms with Gasteiger partial charge in [-0.2, -0.15) is 0 Å². The molecule has 8 nitrogen and oxygen atoms in total. The van der Waals surface area contributed by atoms with Crippen molar-refractivity contribution in [2.24, 2.45) is 5.92 Å². The summed E-state index contributed by atoms with van der Waals surface area (Å²) in [7, 11) is 0. The number of halogens is 1. The summed E-state index contributed by atoms with van der Waals surface area (Å²) in [5, 5.41) is 19.0. The van der Waals surface area contributed by atoms with E-state index in [1.165, 1.54) is 12.4 Å². The average molecular weight is 486 g/mol. The number of ether oxygens (including phenoxy) is 1. The molecule has 0 saturated carbocycles. The number of nitro groups is 1. The number of aromatic nitrogens is 2. The zero-order valence-electron chi connectivity index (χ0n) is 17.2. The van der Waals surface area contributed by atoms with Gasteiger partial charge in [-0.15, -0.1) is 0 Å². The van der Waals surface area contributed by atoms with Crippen LogP contribution in [-0.4, -0.2) is 34.1 Å². The van der Waals surface area contributed by atoms with Crippen LogP contribution in [-0.2, 0) is 0 Å². The van der Waals surface area contributed by atoms with Crippen molar-refractivity contribution in [3.05, 3.63) is 57.3 Å². The zero-order valence-corrected chi connectivity index (χ0v) is 18.8. The Balaban J connectivity index is 1.70. The van der Waals surface area contributed by atoms with Gasteiger partial charge in [-0.05, 0) is 56.5 Å². The Bertz CT molecular complexity index is 1090. The molecule has 2 aromatic carbocycles. The maximum Gasteiger partial charge on any atom is 0.311 e. The molecule has 0 radical (unpaired) electrons. The van der Waals surface area contributed by atoms with E-state index in [4.69, 9.17) is 4.74 Å². The summed E-state index contributed by atoms with van der Waals surface area (Å²) in [5.74, 6) is 1.14. The third-order valence-corrected chi connectivity index (χ3v) is 6.08. The molecule has 2 heterocycles. The number of nitrogens with zero attached hydrogens (tertiary/aromatic N) is 3. The van der Waals surface area contributed by atoms with Crippen LogP contribution < -0.4 is 15.4 Å². The number of nitro benzene ring substituents is 1. The molecule has 3 aromatic rings. The lowest BCUT2D eigenvalue weighted by Crippen LogP contribution is -2.36. The van der Waals surface area contributed by atoms with E-state index in [1.807, 2.05) is 24.3 Å². The summed E-state index contributed by atoms with van der Waals surface area (Å²) >= 11 is 3.45. The number of hydrogen-bond donors (Lipinski definition) is 2. The Hall–Kier alpha value is -2.78. The molecule has 162 valence electrons. The number of nitrogens with one attached hydrogen (secondary N) is 2. The summed E-state index contributed by atoms with van der Waals surface area (Å²) in [6.07, 6.45) is 4.17. The molecular formula is C22H24BrN5O3. The van der Waals surface area contributed by atoms with E-state index in [0.29, 0.717) is 22.6 Å². The first-order valence-electron chi connectivity index (χ1n) is 10.4. The van der Waals surface area contributed by atoms with Crippen molar-refractivity contribution in [3.8, 4) is 5.75 Å². The van der Waals surface area contributed by atoms with Gasteiger partial charge < -0.3 is 15.4 Å². The topological polar surface area (TPSA) is 102 Å². The molecule has 0 amide bonds. The van der Waals surface area contributed by atoms with Crippen molar-refractivity contribution in [2.75, 3.05) is 18.4 Å². The van der Waals surface area contributed by atoms with Crippen molar-refractivity contribution in [1.82, 2.24) is 15.3 Å². The first-order chi connectivity index (χ1) is 15.0. The summed E-state index contributed by atoms with van der Waals surface area (Å²) in [5.41, 5.74) is 1.33. The van der Waals surface area contributed by atoms with Crippen LogP contribution in [0.4, 0.5) is 17.2 Å². The second-order valence-corrected chi connectivity index (χ2v) is 8.52. The minimum atomic E-state index is -0.403. The third-order valence-electron chi connectivity index (χ3n) is 5.59. The molecule has 0 aliphatic carbocycles. The highest BCUT2D eigenvalue weighted by Crippen LogP contribution is 2.37. The number of rotatable bonds is 7. The van der Waals surface area contributed by atoms with Crippen LogP contribution in [0.2, 0.25) is 0 Å². The summed E-state index contributed by atoms with van der Waals surface area (Å²) in [4.78, 5) is 20.1. The van der Waals surface area contributed by atoms with Gasteiger partial charge in [0.05, 0.1) is 15.8 Å². The second kappa shape index (κ2) is 9.57. The molecule has 9 heteroatoms. The number of anilines is 2. The summed E-state index contributed by atoms with van der Waals surface area (Å²) in [6, 6.07) is 10.8. The fraction of sp³-hybridized carbons (Fsp3) is 0.364. The molecule has 0 spiro atoms. The maximum atomic E-state index is 11.9. The summed E-state index contributed by atoms with van der Waals surface area (Å²) in [6.45, 7) is 3.95. The normalized spacial score (nSPS) is 15.5. The highest BCUT2D eigenvalue weighted by molar-refractivity contribution is 9.10. The third kappa shape index (κ3) is 4.94. The smallest absolute Gasteiger partial charge is 0.311 e. The Morgan fingerprint density at radius 3 is 2.81 bits per heavy atom. The number of benzene rings is 2. The van der Waals surface area contributed by atoms with Gasteiger partial charge in [0.2, 0.25) is 0 Å². The summed E-state index contributed by atoms with van der Waals surface area (Å²) < 4.78 is 7.14. The maximum absolute atomic E-state index is 11.9. The number of hydrogen-bond acceptors (Lipinski definition) is 7. The second-order valence-electron chi connectivity index (χ2n) is 7.60. The van der Waals surface area contributed by atoms with Gasteiger partial charge in [-0.3, -0.25) is 10.1 Å². The van der Waals surface area contributed by atoms with Gasteiger partial charge >= 0.3 is 5.69 Å². The van der Waals surface area contributed by atoms with Crippen LogP contribution in [0.5, 0.6) is 5.75 Å². The SMILES string of the molecule is CCC(Oc1cc2ncnc(Nc3cccc(Br)c3)c2cc1[N+](=O)[O-])C1CCNCC1. The standard InChI is InChI=1S/C22H24BrN5O3/c1-2-20(14-6-8-24-9-7-14)31-21-12-18-17(11-19(21)28(29)30)22(26-13-25-18)27-16-5-3-4-15(23)10-16/h3-5,10-14,20,24H,2,6-9H2,1H3,(H,25,26,27). The molecule has 2 N–H and O–H groups in total. The van der Waals surface area contributed by atoms with E-state index in [-0.39, 0.29) is 17.5 Å². The van der Waals surface area contributed by atoms with Gasteiger partial charge in [-0.25, -0.2) is 9.97 Å².